The largest absolute Gasteiger partial charge is 0.390 e. The second-order valence-electron chi connectivity index (χ2n) is 7.19. The van der Waals surface area contributed by atoms with Crippen molar-refractivity contribution < 1.29 is 13.5 Å². The molecular formula is C15H30N2O3S. The first-order chi connectivity index (χ1) is 9.70. The fourth-order valence-corrected chi connectivity index (χ4v) is 4.64. The van der Waals surface area contributed by atoms with E-state index in [4.69, 9.17) is 0 Å². The molecule has 1 unspecified atom stereocenters. The van der Waals surface area contributed by atoms with Gasteiger partial charge in [0.2, 0.25) is 10.0 Å². The van der Waals surface area contributed by atoms with Gasteiger partial charge in [0, 0.05) is 32.2 Å². The Morgan fingerprint density at radius 3 is 2.38 bits per heavy atom. The molecule has 1 atom stereocenters. The lowest BCUT2D eigenvalue weighted by molar-refractivity contribution is -0.0485. The molecule has 124 valence electrons. The lowest BCUT2D eigenvalue weighted by Gasteiger charge is -2.43. The SMILES string of the molecule is CC(C)N1CCC(O)(CC2CCCN(S(C)(=O)=O)C2)CC1. The van der Waals surface area contributed by atoms with Gasteiger partial charge in [-0.3, -0.25) is 0 Å². The Hall–Kier alpha value is -0.170. The highest BCUT2D eigenvalue weighted by atomic mass is 32.2. The maximum atomic E-state index is 11.7. The van der Waals surface area contributed by atoms with E-state index in [1.54, 1.807) is 4.31 Å². The normalized spacial score (nSPS) is 28.9. The van der Waals surface area contributed by atoms with Crippen molar-refractivity contribution in [2.45, 2.75) is 57.6 Å². The van der Waals surface area contributed by atoms with Crippen molar-refractivity contribution >= 4 is 10.0 Å². The molecule has 2 aliphatic rings. The average Bonchev–Trinajstić information content (AvgIpc) is 2.38. The molecule has 21 heavy (non-hydrogen) atoms. The zero-order valence-electron chi connectivity index (χ0n) is 13.6. The number of hydrogen-bond donors (Lipinski definition) is 1. The lowest BCUT2D eigenvalue weighted by Crippen LogP contribution is -2.49. The summed E-state index contributed by atoms with van der Waals surface area (Å²) in [6.07, 6.45) is 5.57. The van der Waals surface area contributed by atoms with Crippen LogP contribution in [0.1, 0.15) is 46.0 Å². The molecule has 2 heterocycles. The molecule has 0 aromatic rings. The molecule has 0 aromatic carbocycles. The van der Waals surface area contributed by atoms with Crippen LogP contribution in [0.3, 0.4) is 0 Å². The minimum absolute atomic E-state index is 0.295. The molecule has 5 nitrogen and oxygen atoms in total. The Kier molecular flexibility index (Phi) is 5.34. The molecule has 0 amide bonds. The van der Waals surface area contributed by atoms with Gasteiger partial charge in [-0.15, -0.1) is 0 Å². The third kappa shape index (κ3) is 4.65. The van der Waals surface area contributed by atoms with Gasteiger partial charge in [0.15, 0.2) is 0 Å². The molecule has 6 heteroatoms. The van der Waals surface area contributed by atoms with E-state index in [9.17, 15) is 13.5 Å². The molecule has 2 rings (SSSR count). The van der Waals surface area contributed by atoms with Gasteiger partial charge in [0.05, 0.1) is 11.9 Å². The molecule has 2 saturated heterocycles. The predicted molar refractivity (Wildman–Crippen MR) is 84.7 cm³/mol. The van der Waals surface area contributed by atoms with Crippen molar-refractivity contribution in [2.24, 2.45) is 5.92 Å². The average molecular weight is 318 g/mol. The number of aliphatic hydroxyl groups is 1. The fraction of sp³-hybridized carbons (Fsp3) is 1.00. The molecule has 0 radical (unpaired) electrons. The predicted octanol–water partition coefficient (Wildman–Crippen LogP) is 1.28. The quantitative estimate of drug-likeness (QED) is 0.848. The number of sulfonamides is 1. The Morgan fingerprint density at radius 1 is 1.24 bits per heavy atom. The van der Waals surface area contributed by atoms with E-state index >= 15 is 0 Å². The van der Waals surface area contributed by atoms with E-state index < -0.39 is 15.6 Å². The second kappa shape index (κ2) is 6.52. The molecule has 0 saturated carbocycles. The Morgan fingerprint density at radius 2 is 1.86 bits per heavy atom. The molecule has 2 fully saturated rings. The molecule has 0 spiro atoms. The minimum Gasteiger partial charge on any atom is -0.390 e. The van der Waals surface area contributed by atoms with Crippen LogP contribution in [-0.4, -0.2) is 66.8 Å². The van der Waals surface area contributed by atoms with E-state index in [1.807, 2.05) is 0 Å². The molecule has 1 N–H and O–H groups in total. The van der Waals surface area contributed by atoms with Crippen LogP contribution >= 0.6 is 0 Å². The number of nitrogens with zero attached hydrogens (tertiary/aromatic N) is 2. The van der Waals surface area contributed by atoms with Crippen LogP contribution in [0.4, 0.5) is 0 Å². The summed E-state index contributed by atoms with van der Waals surface area (Å²) in [4.78, 5) is 2.40. The Bertz CT molecular complexity index is 442. The maximum absolute atomic E-state index is 11.7. The van der Waals surface area contributed by atoms with Crippen LogP contribution in [0.2, 0.25) is 0 Å². The van der Waals surface area contributed by atoms with Gasteiger partial charge in [-0.25, -0.2) is 12.7 Å². The zero-order chi connectivity index (χ0) is 15.7. The van der Waals surface area contributed by atoms with E-state index in [0.29, 0.717) is 25.0 Å². The van der Waals surface area contributed by atoms with Gasteiger partial charge in [-0.2, -0.15) is 0 Å². The third-order valence-electron chi connectivity index (χ3n) is 5.08. The standard InChI is InChI=1S/C15H30N2O3S/c1-13(2)16-9-6-15(18,7-10-16)11-14-5-4-8-17(12-14)21(3,19)20/h13-14,18H,4-12H2,1-3H3. The summed E-state index contributed by atoms with van der Waals surface area (Å²) in [5.41, 5.74) is -0.601. The Balaban J connectivity index is 1.89. The van der Waals surface area contributed by atoms with Crippen molar-refractivity contribution in [3.8, 4) is 0 Å². The van der Waals surface area contributed by atoms with Crippen molar-refractivity contribution in [3.05, 3.63) is 0 Å². The smallest absolute Gasteiger partial charge is 0.211 e. The number of piperidine rings is 2. The van der Waals surface area contributed by atoms with Gasteiger partial charge in [-0.1, -0.05) is 0 Å². The van der Waals surface area contributed by atoms with Gasteiger partial charge in [-0.05, 0) is 51.9 Å². The summed E-state index contributed by atoms with van der Waals surface area (Å²) in [7, 11) is -3.10. The summed E-state index contributed by atoms with van der Waals surface area (Å²) in [6.45, 7) is 7.47. The molecule has 2 aliphatic heterocycles. The van der Waals surface area contributed by atoms with Gasteiger partial charge < -0.3 is 10.0 Å². The molecule has 0 aromatic heterocycles. The number of rotatable bonds is 4. The first-order valence-corrected chi connectivity index (χ1v) is 9.96. The number of hydrogen-bond acceptors (Lipinski definition) is 4. The van der Waals surface area contributed by atoms with Crippen LogP contribution in [0.25, 0.3) is 0 Å². The number of likely N-dealkylation sites (tertiary alicyclic amines) is 1. The summed E-state index contributed by atoms with van der Waals surface area (Å²) in [6, 6.07) is 0.532. The van der Waals surface area contributed by atoms with Crippen molar-refractivity contribution in [1.29, 1.82) is 0 Å². The monoisotopic (exact) mass is 318 g/mol. The van der Waals surface area contributed by atoms with E-state index in [0.717, 1.165) is 45.2 Å². The highest BCUT2D eigenvalue weighted by Gasteiger charge is 2.37. The molecule has 0 aliphatic carbocycles. The zero-order valence-corrected chi connectivity index (χ0v) is 14.4. The van der Waals surface area contributed by atoms with Gasteiger partial charge in [0.25, 0.3) is 0 Å². The van der Waals surface area contributed by atoms with Crippen LogP contribution in [0.15, 0.2) is 0 Å². The van der Waals surface area contributed by atoms with Crippen LogP contribution < -0.4 is 0 Å². The second-order valence-corrected chi connectivity index (χ2v) is 9.17. The maximum Gasteiger partial charge on any atom is 0.211 e. The van der Waals surface area contributed by atoms with E-state index in [1.165, 1.54) is 6.26 Å². The first-order valence-electron chi connectivity index (χ1n) is 8.11. The molecule has 0 bridgehead atoms. The third-order valence-corrected chi connectivity index (χ3v) is 6.35. The fourth-order valence-electron chi connectivity index (χ4n) is 3.69. The summed E-state index contributed by atoms with van der Waals surface area (Å²) >= 11 is 0. The van der Waals surface area contributed by atoms with Gasteiger partial charge >= 0.3 is 0 Å². The van der Waals surface area contributed by atoms with E-state index in [-0.39, 0.29) is 0 Å². The topological polar surface area (TPSA) is 60.9 Å². The van der Waals surface area contributed by atoms with Crippen LogP contribution in [0, 0.1) is 5.92 Å². The highest BCUT2D eigenvalue weighted by molar-refractivity contribution is 7.88. The summed E-state index contributed by atoms with van der Waals surface area (Å²) in [5.74, 6) is 0.295. The summed E-state index contributed by atoms with van der Waals surface area (Å²) < 4.78 is 24.9. The van der Waals surface area contributed by atoms with Crippen LogP contribution in [0.5, 0.6) is 0 Å². The van der Waals surface area contributed by atoms with Crippen molar-refractivity contribution in [2.75, 3.05) is 32.4 Å². The van der Waals surface area contributed by atoms with Crippen LogP contribution in [-0.2, 0) is 10.0 Å². The highest BCUT2D eigenvalue weighted by Crippen LogP contribution is 2.33. The lowest BCUT2D eigenvalue weighted by atomic mass is 9.80. The summed E-state index contributed by atoms with van der Waals surface area (Å²) in [5, 5.41) is 10.8. The van der Waals surface area contributed by atoms with Gasteiger partial charge in [0.1, 0.15) is 0 Å². The molecular weight excluding hydrogens is 288 g/mol. The Labute approximate surface area is 129 Å². The first kappa shape index (κ1) is 17.2. The minimum atomic E-state index is -3.10. The van der Waals surface area contributed by atoms with E-state index in [2.05, 4.69) is 18.7 Å². The van der Waals surface area contributed by atoms with Crippen molar-refractivity contribution in [1.82, 2.24) is 9.21 Å². The van der Waals surface area contributed by atoms with Crippen molar-refractivity contribution in [3.63, 3.8) is 0 Å².